The van der Waals surface area contributed by atoms with Gasteiger partial charge in [-0.2, -0.15) is 0 Å². The van der Waals surface area contributed by atoms with Gasteiger partial charge in [0.25, 0.3) is 0 Å². The van der Waals surface area contributed by atoms with Crippen LogP contribution < -0.4 is 4.74 Å². The summed E-state index contributed by atoms with van der Waals surface area (Å²) in [6, 6.07) is 13.5. The number of benzene rings is 2. The van der Waals surface area contributed by atoms with E-state index in [4.69, 9.17) is 4.74 Å². The van der Waals surface area contributed by atoms with E-state index < -0.39 is 0 Å². The van der Waals surface area contributed by atoms with Crippen LogP contribution in [0.5, 0.6) is 17.2 Å². The maximum absolute atomic E-state index is 10.3. The molecule has 2 nitrogen and oxygen atoms in total. The second-order valence-electron chi connectivity index (χ2n) is 6.69. The van der Waals surface area contributed by atoms with Crippen molar-refractivity contribution in [2.45, 2.75) is 71.6 Å². The Hall–Kier alpha value is -1.96. The van der Waals surface area contributed by atoms with Crippen LogP contribution in [0.25, 0.3) is 0 Å². The summed E-state index contributed by atoms with van der Waals surface area (Å²) in [5.74, 6) is 1.64. The zero-order chi connectivity index (χ0) is 17.9. The van der Waals surface area contributed by atoms with Gasteiger partial charge in [0.15, 0.2) is 11.5 Å². The number of unbranched alkanes of at least 4 members (excludes halogenated alkanes) is 6. The Balaban J connectivity index is 2.03. The maximum atomic E-state index is 10.3. The average molecular weight is 341 g/mol. The van der Waals surface area contributed by atoms with Crippen LogP contribution in [0.2, 0.25) is 0 Å². The van der Waals surface area contributed by atoms with E-state index >= 15 is 0 Å². The van der Waals surface area contributed by atoms with Crippen molar-refractivity contribution in [2.24, 2.45) is 0 Å². The minimum absolute atomic E-state index is 0.235. The molecule has 0 fully saturated rings. The maximum Gasteiger partial charge on any atom is 0.172 e. The van der Waals surface area contributed by atoms with E-state index in [0.29, 0.717) is 5.75 Å². The van der Waals surface area contributed by atoms with Gasteiger partial charge < -0.3 is 9.84 Å². The van der Waals surface area contributed by atoms with Gasteiger partial charge in [-0.05, 0) is 43.0 Å². The molecule has 136 valence electrons. The van der Waals surface area contributed by atoms with Gasteiger partial charge in [0.05, 0.1) is 0 Å². The van der Waals surface area contributed by atoms with Crippen LogP contribution in [-0.2, 0) is 12.8 Å². The average Bonchev–Trinajstić information content (AvgIpc) is 2.64. The molecule has 0 aliphatic heterocycles. The van der Waals surface area contributed by atoms with Gasteiger partial charge in [-0.25, -0.2) is 0 Å². The van der Waals surface area contributed by atoms with Gasteiger partial charge in [-0.3, -0.25) is 0 Å². The Morgan fingerprint density at radius 1 is 0.800 bits per heavy atom. The van der Waals surface area contributed by atoms with Gasteiger partial charge in [0.1, 0.15) is 5.75 Å². The highest BCUT2D eigenvalue weighted by Crippen LogP contribution is 2.37. The van der Waals surface area contributed by atoms with Gasteiger partial charge in [0, 0.05) is 5.56 Å². The first kappa shape index (κ1) is 19.4. The molecule has 2 aromatic carbocycles. The number of phenolic OH excluding ortho intramolecular Hbond substituents is 1. The fourth-order valence-corrected chi connectivity index (χ4v) is 3.24. The predicted octanol–water partition coefficient (Wildman–Crippen LogP) is 7.04. The number of para-hydroxylation sites is 1. The van der Waals surface area contributed by atoms with Crippen molar-refractivity contribution in [3.05, 3.63) is 53.6 Å². The Morgan fingerprint density at radius 3 is 2.16 bits per heavy atom. The summed E-state index contributed by atoms with van der Waals surface area (Å²) in [5.41, 5.74) is 2.44. The summed E-state index contributed by atoms with van der Waals surface area (Å²) in [6.45, 7) is 4.41. The topological polar surface area (TPSA) is 29.5 Å². The fourth-order valence-electron chi connectivity index (χ4n) is 3.24. The molecule has 0 spiro atoms. The molecule has 0 saturated carbocycles. The lowest BCUT2D eigenvalue weighted by Gasteiger charge is -2.16. The first-order valence-corrected chi connectivity index (χ1v) is 9.82. The number of aryl methyl sites for hydroxylation is 1. The molecule has 0 aromatic heterocycles. The lowest BCUT2D eigenvalue weighted by Crippen LogP contribution is -1.99. The van der Waals surface area contributed by atoms with E-state index in [2.05, 4.69) is 13.8 Å². The third kappa shape index (κ3) is 6.12. The van der Waals surface area contributed by atoms with E-state index in [-0.39, 0.29) is 5.75 Å². The smallest absolute Gasteiger partial charge is 0.172 e. The third-order valence-electron chi connectivity index (χ3n) is 4.71. The molecular formula is C23H32O2. The second-order valence-corrected chi connectivity index (χ2v) is 6.69. The highest BCUT2D eigenvalue weighted by atomic mass is 16.5. The SMILES string of the molecule is CCCCCCCCCc1c(CC)ccc(O)c1Oc1ccccc1. The largest absolute Gasteiger partial charge is 0.504 e. The Labute approximate surface area is 152 Å². The summed E-state index contributed by atoms with van der Waals surface area (Å²) >= 11 is 0. The number of aromatic hydroxyl groups is 1. The first-order chi connectivity index (χ1) is 12.3. The molecule has 2 rings (SSSR count). The van der Waals surface area contributed by atoms with Crippen LogP contribution in [0.4, 0.5) is 0 Å². The van der Waals surface area contributed by atoms with E-state index in [9.17, 15) is 5.11 Å². The fraction of sp³-hybridized carbons (Fsp3) is 0.478. The Kier molecular flexibility index (Phi) is 8.38. The van der Waals surface area contributed by atoms with Crippen molar-refractivity contribution in [1.82, 2.24) is 0 Å². The zero-order valence-corrected chi connectivity index (χ0v) is 15.8. The third-order valence-corrected chi connectivity index (χ3v) is 4.71. The molecule has 0 saturated heterocycles. The minimum atomic E-state index is 0.235. The van der Waals surface area contributed by atoms with E-state index in [1.54, 1.807) is 6.07 Å². The van der Waals surface area contributed by atoms with Crippen molar-refractivity contribution < 1.29 is 9.84 Å². The number of ether oxygens (including phenoxy) is 1. The molecule has 0 unspecified atom stereocenters. The Morgan fingerprint density at radius 2 is 1.48 bits per heavy atom. The highest BCUT2D eigenvalue weighted by Gasteiger charge is 2.14. The molecule has 0 bridgehead atoms. The standard InChI is InChI=1S/C23H32O2/c1-3-5-6-7-8-9-13-16-21-19(4-2)17-18-22(24)23(21)25-20-14-11-10-12-15-20/h10-12,14-15,17-18,24H,3-9,13,16H2,1-2H3. The van der Waals surface area contributed by atoms with Crippen molar-refractivity contribution in [1.29, 1.82) is 0 Å². The van der Waals surface area contributed by atoms with Gasteiger partial charge in [-0.15, -0.1) is 0 Å². The molecule has 0 amide bonds. The minimum Gasteiger partial charge on any atom is -0.504 e. The van der Waals surface area contributed by atoms with Crippen LogP contribution in [0.3, 0.4) is 0 Å². The zero-order valence-electron chi connectivity index (χ0n) is 15.8. The molecule has 0 aliphatic carbocycles. The molecule has 0 aliphatic rings. The van der Waals surface area contributed by atoms with Crippen LogP contribution in [0.15, 0.2) is 42.5 Å². The van der Waals surface area contributed by atoms with Crippen molar-refractivity contribution >= 4 is 0 Å². The molecule has 0 radical (unpaired) electrons. The van der Waals surface area contributed by atoms with E-state index in [0.717, 1.165) is 25.0 Å². The van der Waals surface area contributed by atoms with Crippen LogP contribution in [-0.4, -0.2) is 5.11 Å². The second kappa shape index (κ2) is 10.8. The molecule has 1 N–H and O–H groups in total. The summed E-state index contributed by atoms with van der Waals surface area (Å²) in [7, 11) is 0. The summed E-state index contributed by atoms with van der Waals surface area (Å²) in [4.78, 5) is 0. The molecular weight excluding hydrogens is 308 g/mol. The summed E-state index contributed by atoms with van der Waals surface area (Å²) < 4.78 is 6.04. The Bertz CT molecular complexity index is 619. The number of hydrogen-bond acceptors (Lipinski definition) is 2. The molecule has 25 heavy (non-hydrogen) atoms. The quantitative estimate of drug-likeness (QED) is 0.444. The molecule has 2 heteroatoms. The van der Waals surface area contributed by atoms with Gasteiger partial charge in [-0.1, -0.05) is 76.6 Å². The predicted molar refractivity (Wildman–Crippen MR) is 106 cm³/mol. The number of rotatable bonds is 11. The van der Waals surface area contributed by atoms with Crippen LogP contribution in [0, 0.1) is 0 Å². The van der Waals surface area contributed by atoms with Gasteiger partial charge >= 0.3 is 0 Å². The monoisotopic (exact) mass is 340 g/mol. The van der Waals surface area contributed by atoms with Crippen molar-refractivity contribution in [3.63, 3.8) is 0 Å². The number of hydrogen-bond donors (Lipinski definition) is 1. The van der Waals surface area contributed by atoms with Crippen molar-refractivity contribution in [3.8, 4) is 17.2 Å². The lowest BCUT2D eigenvalue weighted by molar-refractivity contribution is 0.405. The lowest BCUT2D eigenvalue weighted by atomic mass is 9.97. The molecule has 0 heterocycles. The van der Waals surface area contributed by atoms with E-state index in [1.165, 1.54) is 49.7 Å². The first-order valence-electron chi connectivity index (χ1n) is 9.82. The van der Waals surface area contributed by atoms with E-state index in [1.807, 2.05) is 36.4 Å². The van der Waals surface area contributed by atoms with Crippen molar-refractivity contribution in [2.75, 3.05) is 0 Å². The molecule has 0 atom stereocenters. The van der Waals surface area contributed by atoms with Crippen LogP contribution in [0.1, 0.15) is 69.9 Å². The van der Waals surface area contributed by atoms with Gasteiger partial charge in [0.2, 0.25) is 0 Å². The number of phenols is 1. The summed E-state index contributed by atoms with van der Waals surface area (Å²) in [6.07, 6.45) is 10.9. The normalized spacial score (nSPS) is 10.8. The highest BCUT2D eigenvalue weighted by molar-refractivity contribution is 5.52. The summed E-state index contributed by atoms with van der Waals surface area (Å²) in [5, 5.41) is 10.3. The molecule has 2 aromatic rings. The van der Waals surface area contributed by atoms with Crippen LogP contribution >= 0.6 is 0 Å².